The molecule has 1 fully saturated rings. The third kappa shape index (κ3) is 27.1. The normalized spacial score (nSPS) is 21.9. The molecule has 0 aromatic rings. The van der Waals surface area contributed by atoms with Crippen molar-refractivity contribution in [3.05, 3.63) is 0 Å². The molecule has 1 heterocycles. The Bertz CT molecular complexity index is 929. The van der Waals surface area contributed by atoms with Crippen LogP contribution in [0.1, 0.15) is 220 Å². The van der Waals surface area contributed by atoms with Gasteiger partial charge < -0.3 is 51.2 Å². The Labute approximate surface area is 355 Å². The van der Waals surface area contributed by atoms with Crippen molar-refractivity contribution < 1.29 is 44.9 Å². The maximum Gasteiger partial charge on any atom is 0.249 e. The molecule has 11 nitrogen and oxygen atoms in total. The number of hydrogen-bond acceptors (Lipinski definition) is 10. The molecule has 9 N–H and O–H groups in total. The SMILES string of the molecule is CCCCCCCCCCCCCCCCCCCCC(O)C(=O)NC(COC1OC(CO)C(O)C(O)C1N)C(O)C(O)CCCCCCCCCCCCC(C)C. The zero-order valence-corrected chi connectivity index (χ0v) is 37.6. The lowest BCUT2D eigenvalue weighted by Gasteiger charge is -2.41. The lowest BCUT2D eigenvalue weighted by Crippen LogP contribution is -2.63. The fourth-order valence-electron chi connectivity index (χ4n) is 8.09. The highest BCUT2D eigenvalue weighted by atomic mass is 16.7. The van der Waals surface area contributed by atoms with Crippen molar-refractivity contribution in [1.82, 2.24) is 5.32 Å². The monoisotopic (exact) mass is 831 g/mol. The minimum atomic E-state index is -1.43. The van der Waals surface area contributed by atoms with Gasteiger partial charge in [0.15, 0.2) is 6.29 Å². The molecule has 0 spiro atoms. The molecule has 58 heavy (non-hydrogen) atoms. The standard InChI is InChI=1S/C47H94N2O9/c1-4-5-6-7-8-9-10-11-12-13-14-15-16-17-22-25-28-31-34-40(52)46(56)49-38(36-57-47-42(48)45(55)44(54)41(35-50)58-47)43(53)39(51)33-30-27-24-21-19-18-20-23-26-29-32-37(2)3/h37-45,47,50-55H,4-36,48H2,1-3H3,(H,49,56). The van der Waals surface area contributed by atoms with E-state index in [2.05, 4.69) is 26.1 Å². The van der Waals surface area contributed by atoms with Gasteiger partial charge in [-0.25, -0.2) is 0 Å². The number of rotatable bonds is 40. The number of ether oxygens (including phenoxy) is 2. The fraction of sp³-hybridized carbons (Fsp3) is 0.979. The van der Waals surface area contributed by atoms with Crippen LogP contribution in [0.15, 0.2) is 0 Å². The number of nitrogens with one attached hydrogen (secondary N) is 1. The molecule has 9 unspecified atom stereocenters. The summed E-state index contributed by atoms with van der Waals surface area (Å²) >= 11 is 0. The van der Waals surface area contributed by atoms with Gasteiger partial charge in [0.05, 0.1) is 31.4 Å². The van der Waals surface area contributed by atoms with Crippen LogP contribution in [0.3, 0.4) is 0 Å². The molecule has 1 saturated heterocycles. The maximum absolute atomic E-state index is 13.1. The summed E-state index contributed by atoms with van der Waals surface area (Å²) in [5.41, 5.74) is 6.04. The van der Waals surface area contributed by atoms with Crippen LogP contribution < -0.4 is 11.1 Å². The van der Waals surface area contributed by atoms with Crippen molar-refractivity contribution >= 4 is 5.91 Å². The van der Waals surface area contributed by atoms with Gasteiger partial charge in [-0.05, 0) is 18.8 Å². The minimum absolute atomic E-state index is 0.286. The second-order valence-corrected chi connectivity index (χ2v) is 18.1. The summed E-state index contributed by atoms with van der Waals surface area (Å²) in [6.07, 6.45) is 27.1. The highest BCUT2D eigenvalue weighted by Crippen LogP contribution is 2.22. The summed E-state index contributed by atoms with van der Waals surface area (Å²) in [7, 11) is 0. The fourth-order valence-corrected chi connectivity index (χ4v) is 8.09. The van der Waals surface area contributed by atoms with Crippen molar-refractivity contribution in [3.8, 4) is 0 Å². The first-order valence-electron chi connectivity index (χ1n) is 24.4. The first-order chi connectivity index (χ1) is 28.0. The summed E-state index contributed by atoms with van der Waals surface area (Å²) in [4.78, 5) is 13.1. The van der Waals surface area contributed by atoms with Crippen LogP contribution in [0.2, 0.25) is 0 Å². The predicted molar refractivity (Wildman–Crippen MR) is 235 cm³/mol. The van der Waals surface area contributed by atoms with Gasteiger partial charge in [-0.2, -0.15) is 0 Å². The van der Waals surface area contributed by atoms with Gasteiger partial charge in [0.2, 0.25) is 5.91 Å². The number of amides is 1. The Kier molecular flexibility index (Phi) is 34.9. The average molecular weight is 831 g/mol. The number of nitrogens with two attached hydrogens (primary N) is 1. The Morgan fingerprint density at radius 1 is 0.621 bits per heavy atom. The second kappa shape index (κ2) is 36.7. The number of unbranched alkanes of at least 4 members (excludes halogenated alkanes) is 26. The maximum atomic E-state index is 13.1. The largest absolute Gasteiger partial charge is 0.394 e. The van der Waals surface area contributed by atoms with Gasteiger partial charge in [-0.15, -0.1) is 0 Å². The highest BCUT2D eigenvalue weighted by molar-refractivity contribution is 5.80. The molecule has 11 heteroatoms. The van der Waals surface area contributed by atoms with Gasteiger partial charge in [-0.1, -0.05) is 207 Å². The molecule has 0 aromatic heterocycles. The molecule has 1 aliphatic rings. The summed E-state index contributed by atoms with van der Waals surface area (Å²) in [6.45, 7) is 5.90. The molecule has 1 rings (SSSR count). The summed E-state index contributed by atoms with van der Waals surface area (Å²) in [6, 6.07) is -2.26. The van der Waals surface area contributed by atoms with Crippen LogP contribution in [0.5, 0.6) is 0 Å². The van der Waals surface area contributed by atoms with E-state index in [1.807, 2.05) is 0 Å². The summed E-state index contributed by atoms with van der Waals surface area (Å²) in [5.74, 6) is 0.120. The van der Waals surface area contributed by atoms with E-state index < -0.39 is 67.5 Å². The number of hydrogen-bond donors (Lipinski definition) is 8. The molecule has 0 aliphatic carbocycles. The number of aliphatic hydroxyl groups is 6. The van der Waals surface area contributed by atoms with Crippen LogP contribution in [0, 0.1) is 5.92 Å². The molecule has 346 valence electrons. The van der Waals surface area contributed by atoms with Gasteiger partial charge in [0, 0.05) is 0 Å². The topological polar surface area (TPSA) is 195 Å². The molecular formula is C47H94N2O9. The molecule has 1 amide bonds. The van der Waals surface area contributed by atoms with Crippen molar-refractivity contribution in [2.24, 2.45) is 11.7 Å². The van der Waals surface area contributed by atoms with E-state index in [1.54, 1.807) is 0 Å². The van der Waals surface area contributed by atoms with E-state index in [9.17, 15) is 35.4 Å². The lowest BCUT2D eigenvalue weighted by atomic mass is 9.97. The summed E-state index contributed by atoms with van der Waals surface area (Å²) < 4.78 is 11.3. The Morgan fingerprint density at radius 3 is 1.43 bits per heavy atom. The van der Waals surface area contributed by atoms with E-state index in [1.165, 1.54) is 135 Å². The van der Waals surface area contributed by atoms with Gasteiger partial charge in [-0.3, -0.25) is 4.79 Å². The summed E-state index contributed by atoms with van der Waals surface area (Å²) in [5, 5.41) is 65.6. The van der Waals surface area contributed by atoms with E-state index in [4.69, 9.17) is 15.2 Å². The number of carbonyl (C=O) groups excluding carboxylic acids is 1. The smallest absolute Gasteiger partial charge is 0.249 e. The molecule has 9 atom stereocenters. The molecule has 0 radical (unpaired) electrons. The van der Waals surface area contributed by atoms with Crippen molar-refractivity contribution in [1.29, 1.82) is 0 Å². The number of carbonyl (C=O) groups is 1. The van der Waals surface area contributed by atoms with Gasteiger partial charge in [0.25, 0.3) is 0 Å². The van der Waals surface area contributed by atoms with Crippen molar-refractivity contribution in [2.75, 3.05) is 13.2 Å². The van der Waals surface area contributed by atoms with E-state index in [0.717, 1.165) is 50.9 Å². The third-order valence-corrected chi connectivity index (χ3v) is 12.2. The lowest BCUT2D eigenvalue weighted by molar-refractivity contribution is -0.268. The van der Waals surface area contributed by atoms with Gasteiger partial charge in [0.1, 0.15) is 30.5 Å². The molecule has 0 saturated carbocycles. The molecule has 1 aliphatic heterocycles. The first kappa shape index (κ1) is 55.1. The van der Waals surface area contributed by atoms with Crippen molar-refractivity contribution in [2.45, 2.75) is 275 Å². The van der Waals surface area contributed by atoms with Crippen LogP contribution >= 0.6 is 0 Å². The van der Waals surface area contributed by atoms with Crippen LogP contribution in [0.4, 0.5) is 0 Å². The predicted octanol–water partition coefficient (Wildman–Crippen LogP) is 8.11. The van der Waals surface area contributed by atoms with Crippen LogP contribution in [0.25, 0.3) is 0 Å². The minimum Gasteiger partial charge on any atom is -0.394 e. The zero-order valence-electron chi connectivity index (χ0n) is 37.6. The Balaban J connectivity index is 2.41. The molecule has 0 bridgehead atoms. The third-order valence-electron chi connectivity index (χ3n) is 12.2. The van der Waals surface area contributed by atoms with Crippen molar-refractivity contribution in [3.63, 3.8) is 0 Å². The Morgan fingerprint density at radius 2 is 1.02 bits per heavy atom. The quantitative estimate of drug-likeness (QED) is 0.0280. The van der Waals surface area contributed by atoms with E-state index >= 15 is 0 Å². The Hall–Kier alpha value is -0.890. The average Bonchev–Trinajstić information content (AvgIpc) is 3.21. The number of aliphatic hydroxyl groups excluding tert-OH is 6. The van der Waals surface area contributed by atoms with Gasteiger partial charge >= 0.3 is 0 Å². The molecular weight excluding hydrogens is 737 g/mol. The first-order valence-corrected chi connectivity index (χ1v) is 24.4. The second-order valence-electron chi connectivity index (χ2n) is 18.1. The van der Waals surface area contributed by atoms with Crippen LogP contribution in [-0.4, -0.2) is 105 Å². The van der Waals surface area contributed by atoms with Crippen LogP contribution in [-0.2, 0) is 14.3 Å². The van der Waals surface area contributed by atoms with E-state index in [-0.39, 0.29) is 13.0 Å². The highest BCUT2D eigenvalue weighted by Gasteiger charge is 2.43. The zero-order chi connectivity index (χ0) is 42.8. The van der Waals surface area contributed by atoms with E-state index in [0.29, 0.717) is 12.8 Å². The molecule has 0 aromatic carbocycles.